The number of allylic oxidation sites excluding steroid dienone is 6. The first-order valence-electron chi connectivity index (χ1n) is 25.2. The average molecular weight is 896 g/mol. The minimum absolute atomic E-state index is 0.151. The van der Waals surface area contributed by atoms with E-state index in [1.807, 2.05) is 26.0 Å². The minimum Gasteiger partial charge on any atom is -0.310 e. The fourth-order valence-corrected chi connectivity index (χ4v) is 14.0. The normalized spacial score (nSPS) is 17.7. The molecule has 0 bridgehead atoms. The molecule has 1 atom stereocenters. The summed E-state index contributed by atoms with van der Waals surface area (Å²) in [6.07, 6.45) is 11.2. The second-order valence-corrected chi connectivity index (χ2v) is 20.4. The number of hydrogen-bond acceptors (Lipinski definition) is 1. The van der Waals surface area contributed by atoms with Crippen molar-refractivity contribution in [3.63, 3.8) is 0 Å². The Morgan fingerprint density at radius 2 is 0.657 bits per heavy atom. The molecule has 0 amide bonds. The maximum atomic E-state index is 2.58. The van der Waals surface area contributed by atoms with Gasteiger partial charge in [0.1, 0.15) is 0 Å². The number of rotatable bonds is 3. The zero-order valence-electron chi connectivity index (χ0n) is 40.2. The van der Waals surface area contributed by atoms with Crippen LogP contribution in [0, 0.1) is 0 Å². The zero-order valence-corrected chi connectivity index (χ0v) is 40.2. The monoisotopic (exact) mass is 895 g/mol. The quantitative estimate of drug-likeness (QED) is 0.160. The molecule has 9 aromatic carbocycles. The van der Waals surface area contributed by atoms with E-state index >= 15 is 0 Å². The molecule has 0 saturated heterocycles. The second-order valence-electron chi connectivity index (χ2n) is 20.4. The van der Waals surface area contributed by atoms with Gasteiger partial charge in [0, 0.05) is 22.5 Å². The fraction of sp³-hybridized carbons (Fsp3) is 0.130. The number of benzene rings is 9. The smallest absolute Gasteiger partial charge is 0.0726 e. The molecule has 15 rings (SSSR count). The molecule has 1 heteroatoms. The summed E-state index contributed by atoms with van der Waals surface area (Å²) in [6.45, 7) is 8.79. The van der Waals surface area contributed by atoms with Crippen molar-refractivity contribution >= 4 is 22.6 Å². The van der Waals surface area contributed by atoms with Crippen LogP contribution in [-0.4, -0.2) is 0 Å². The van der Waals surface area contributed by atoms with E-state index in [-0.39, 0.29) is 5.41 Å². The minimum atomic E-state index is -0.449. The van der Waals surface area contributed by atoms with E-state index in [2.05, 4.69) is 231 Å². The zero-order chi connectivity index (χ0) is 46.9. The molecule has 0 radical (unpaired) electrons. The van der Waals surface area contributed by atoms with Gasteiger partial charge in [0.2, 0.25) is 0 Å². The average Bonchev–Trinajstić information content (AvgIpc) is 4.15. The number of hydrogen-bond donors (Lipinski definition) is 0. The van der Waals surface area contributed by atoms with Crippen LogP contribution in [0.5, 0.6) is 0 Å². The Morgan fingerprint density at radius 1 is 0.329 bits per heavy atom. The van der Waals surface area contributed by atoms with Gasteiger partial charge in [0.25, 0.3) is 0 Å². The number of nitrogens with zero attached hydrogens (tertiary/aromatic N) is 1. The molecular weight excluding hydrogens is 843 g/mol. The maximum absolute atomic E-state index is 2.58. The van der Waals surface area contributed by atoms with Crippen molar-refractivity contribution in [1.29, 1.82) is 0 Å². The summed E-state index contributed by atoms with van der Waals surface area (Å²) < 4.78 is 0. The summed E-state index contributed by atoms with van der Waals surface area (Å²) in [5, 5.41) is 0. The standard InChI is InChI=1S/C65H45N.C4H8/c1-63(2)53-24-10-3-17-43(53)50-34-31-40(37-60(50)63)66(41-32-35-51-48-22-8-15-29-58(48)64(61(51)38-41)54-25-11-4-18-44(54)45-19-5-12-26-55(45)64)42-33-36-52-49-23-9-16-30-59(49)65(62(52)39-42)56-27-13-6-20-46(56)47-21-7-14-28-57(47)65;1-3-4-2/h3-6,8-13,15-39H,7,14H2,1-2H3;3-4H,1-2H3. The highest BCUT2D eigenvalue weighted by atomic mass is 15.1. The Balaban J connectivity index is 0.00000111. The topological polar surface area (TPSA) is 3.24 Å². The molecule has 1 unspecified atom stereocenters. The van der Waals surface area contributed by atoms with Crippen LogP contribution in [0.3, 0.4) is 0 Å². The lowest BCUT2D eigenvalue weighted by Gasteiger charge is -2.34. The van der Waals surface area contributed by atoms with Gasteiger partial charge in [-0.1, -0.05) is 202 Å². The van der Waals surface area contributed by atoms with E-state index in [1.165, 1.54) is 117 Å². The Bertz CT molecular complexity index is 3730. The van der Waals surface area contributed by atoms with Gasteiger partial charge in [-0.25, -0.2) is 0 Å². The first-order valence-corrected chi connectivity index (χ1v) is 25.2. The Labute approximate surface area is 412 Å². The first kappa shape index (κ1) is 41.0. The molecule has 0 fully saturated rings. The van der Waals surface area contributed by atoms with E-state index < -0.39 is 10.8 Å². The fourth-order valence-electron chi connectivity index (χ4n) is 14.0. The van der Waals surface area contributed by atoms with Crippen molar-refractivity contribution in [2.75, 3.05) is 4.90 Å². The lowest BCUT2D eigenvalue weighted by Crippen LogP contribution is -2.27. The molecule has 1 nitrogen and oxygen atoms in total. The van der Waals surface area contributed by atoms with Gasteiger partial charge in [-0.15, -0.1) is 0 Å². The molecule has 70 heavy (non-hydrogen) atoms. The molecule has 6 aliphatic rings. The Kier molecular flexibility index (Phi) is 8.79. The van der Waals surface area contributed by atoms with Crippen molar-refractivity contribution < 1.29 is 0 Å². The van der Waals surface area contributed by atoms with Crippen molar-refractivity contribution in [3.8, 4) is 44.5 Å². The third-order valence-electron chi connectivity index (χ3n) is 16.9. The van der Waals surface area contributed by atoms with Crippen LogP contribution in [0.25, 0.3) is 50.1 Å². The third-order valence-corrected chi connectivity index (χ3v) is 16.9. The van der Waals surface area contributed by atoms with Crippen LogP contribution < -0.4 is 4.90 Å². The highest BCUT2D eigenvalue weighted by molar-refractivity contribution is 6.02. The van der Waals surface area contributed by atoms with E-state index in [9.17, 15) is 0 Å². The van der Waals surface area contributed by atoms with Crippen molar-refractivity contribution in [2.45, 2.75) is 56.8 Å². The molecule has 0 heterocycles. The highest BCUT2D eigenvalue weighted by Crippen LogP contribution is 2.66. The van der Waals surface area contributed by atoms with Gasteiger partial charge in [-0.3, -0.25) is 0 Å². The van der Waals surface area contributed by atoms with Gasteiger partial charge in [-0.2, -0.15) is 0 Å². The summed E-state index contributed by atoms with van der Waals surface area (Å²) >= 11 is 0. The summed E-state index contributed by atoms with van der Waals surface area (Å²) in [6, 6.07) is 76.9. The van der Waals surface area contributed by atoms with Crippen LogP contribution in [0.1, 0.15) is 96.2 Å². The predicted octanol–water partition coefficient (Wildman–Crippen LogP) is 17.8. The molecule has 9 aromatic rings. The molecule has 0 saturated carbocycles. The van der Waals surface area contributed by atoms with Crippen molar-refractivity contribution in [1.82, 2.24) is 0 Å². The molecule has 0 aliphatic heterocycles. The van der Waals surface area contributed by atoms with Gasteiger partial charge >= 0.3 is 0 Å². The van der Waals surface area contributed by atoms with Gasteiger partial charge < -0.3 is 4.90 Å². The summed E-state index contributed by atoms with van der Waals surface area (Å²) in [4.78, 5) is 2.58. The number of fused-ring (bicyclic) bond motifs is 23. The first-order chi connectivity index (χ1) is 34.4. The third kappa shape index (κ3) is 5.17. The molecule has 0 N–H and O–H groups in total. The Morgan fingerprint density at radius 3 is 1.13 bits per heavy atom. The van der Waals surface area contributed by atoms with Crippen LogP contribution in [0.15, 0.2) is 230 Å². The van der Waals surface area contributed by atoms with E-state index in [1.54, 1.807) is 0 Å². The predicted molar refractivity (Wildman–Crippen MR) is 293 cm³/mol. The molecular formula is C69H53N. The largest absolute Gasteiger partial charge is 0.310 e. The van der Waals surface area contributed by atoms with Crippen LogP contribution >= 0.6 is 0 Å². The van der Waals surface area contributed by atoms with Crippen molar-refractivity contribution in [3.05, 3.63) is 286 Å². The summed E-state index contributed by atoms with van der Waals surface area (Å²) in [5.74, 6) is 0. The van der Waals surface area contributed by atoms with Crippen LogP contribution in [0.2, 0.25) is 0 Å². The van der Waals surface area contributed by atoms with Gasteiger partial charge in [0.05, 0.1) is 10.8 Å². The molecule has 2 spiro atoms. The maximum Gasteiger partial charge on any atom is 0.0726 e. The Hall–Kier alpha value is -8.00. The second kappa shape index (κ2) is 15.0. The molecule has 0 aromatic heterocycles. The summed E-state index contributed by atoms with van der Waals surface area (Å²) in [5.41, 5.74) is 29.6. The van der Waals surface area contributed by atoms with Crippen molar-refractivity contribution in [2.24, 2.45) is 0 Å². The molecule has 6 aliphatic carbocycles. The highest BCUT2D eigenvalue weighted by Gasteiger charge is 2.54. The van der Waals surface area contributed by atoms with E-state index in [4.69, 9.17) is 0 Å². The lowest BCUT2D eigenvalue weighted by atomic mass is 9.69. The molecule has 334 valence electrons. The van der Waals surface area contributed by atoms with E-state index in [0.717, 1.165) is 24.2 Å². The summed E-state index contributed by atoms with van der Waals surface area (Å²) in [7, 11) is 0. The van der Waals surface area contributed by atoms with E-state index in [0.29, 0.717) is 0 Å². The SMILES string of the molecule is CC1(C)c2ccccc2-c2ccc(N(c3ccc4c(c3)C3(C5=CCCC=C5c5ccccc53)c3ccccc3-4)c3ccc4c(c3)C3(c5ccccc5-c5ccccc53)c3ccccc3-4)cc21.CC=CC. The van der Waals surface area contributed by atoms with Gasteiger partial charge in [-0.05, 0) is 174 Å². The van der Waals surface area contributed by atoms with Crippen LogP contribution in [-0.2, 0) is 16.2 Å². The lowest BCUT2D eigenvalue weighted by molar-refractivity contribution is 0.660. The van der Waals surface area contributed by atoms with Gasteiger partial charge in [0.15, 0.2) is 0 Å². The number of anilines is 3. The van der Waals surface area contributed by atoms with Crippen LogP contribution in [0.4, 0.5) is 17.1 Å².